The van der Waals surface area contributed by atoms with Gasteiger partial charge in [0.05, 0.1) is 17.9 Å². The van der Waals surface area contributed by atoms with E-state index in [1.165, 1.54) is 6.42 Å². The molecule has 22 heavy (non-hydrogen) atoms. The second-order valence-corrected chi connectivity index (χ2v) is 6.73. The number of rotatable bonds is 4. The van der Waals surface area contributed by atoms with Gasteiger partial charge in [-0.05, 0) is 38.2 Å². The number of hydrogen-bond acceptors (Lipinski definition) is 3. The van der Waals surface area contributed by atoms with Crippen molar-refractivity contribution in [2.24, 2.45) is 5.92 Å². The summed E-state index contributed by atoms with van der Waals surface area (Å²) in [7, 11) is 0. The van der Waals surface area contributed by atoms with Crippen LogP contribution >= 0.6 is 0 Å². The van der Waals surface area contributed by atoms with Crippen molar-refractivity contribution in [2.45, 2.75) is 70.4 Å². The molecule has 1 N–H and O–H groups in total. The normalized spacial score (nSPS) is 29.0. The van der Waals surface area contributed by atoms with Crippen LogP contribution in [0.2, 0.25) is 0 Å². The number of carbonyl (C=O) groups excluding carboxylic acids is 1. The zero-order valence-electron chi connectivity index (χ0n) is 13.5. The van der Waals surface area contributed by atoms with E-state index in [1.54, 1.807) is 12.3 Å². The van der Waals surface area contributed by atoms with Crippen molar-refractivity contribution in [2.75, 3.05) is 6.54 Å². The minimum atomic E-state index is -0.244. The summed E-state index contributed by atoms with van der Waals surface area (Å²) in [5.74, 6) is 1.15. The zero-order chi connectivity index (χ0) is 15.5. The van der Waals surface area contributed by atoms with Gasteiger partial charge in [0.1, 0.15) is 5.76 Å². The van der Waals surface area contributed by atoms with Crippen LogP contribution in [0.25, 0.3) is 0 Å². The molecule has 1 saturated heterocycles. The molecule has 4 nitrogen and oxygen atoms in total. The van der Waals surface area contributed by atoms with E-state index < -0.39 is 0 Å². The molecule has 2 fully saturated rings. The van der Waals surface area contributed by atoms with Gasteiger partial charge in [-0.3, -0.25) is 4.79 Å². The fourth-order valence-corrected chi connectivity index (χ4v) is 4.19. The second-order valence-electron chi connectivity index (χ2n) is 6.73. The molecule has 0 aromatic carbocycles. The summed E-state index contributed by atoms with van der Waals surface area (Å²) >= 11 is 0. The standard InChI is InChI=1S/C18H27NO3/c1-2-6-17-14(10-12-22-17)18(21)19-11-5-8-15(19)13-7-3-4-9-16(13)20/h10,12-13,15-16,20H,2-9,11H2,1H3. The van der Waals surface area contributed by atoms with Gasteiger partial charge in [0, 0.05) is 24.9 Å². The predicted molar refractivity (Wildman–Crippen MR) is 84.7 cm³/mol. The summed E-state index contributed by atoms with van der Waals surface area (Å²) in [4.78, 5) is 15.0. The van der Waals surface area contributed by atoms with Gasteiger partial charge in [-0.25, -0.2) is 0 Å². The number of amides is 1. The molecular weight excluding hydrogens is 278 g/mol. The quantitative estimate of drug-likeness (QED) is 0.927. The van der Waals surface area contributed by atoms with Gasteiger partial charge in [-0.2, -0.15) is 0 Å². The van der Waals surface area contributed by atoms with Crippen molar-refractivity contribution in [1.82, 2.24) is 4.90 Å². The summed E-state index contributed by atoms with van der Waals surface area (Å²) in [6.07, 6.45) is 9.43. The third kappa shape index (κ3) is 2.94. The first kappa shape index (κ1) is 15.6. The Morgan fingerprint density at radius 3 is 2.91 bits per heavy atom. The molecule has 4 heteroatoms. The SMILES string of the molecule is CCCc1occc1C(=O)N1CCCC1C1CCCCC1O. The number of aliphatic hydroxyl groups excluding tert-OH is 1. The molecule has 3 rings (SSSR count). The first-order valence-electron chi connectivity index (χ1n) is 8.77. The molecule has 1 aliphatic heterocycles. The van der Waals surface area contributed by atoms with Gasteiger partial charge in [-0.15, -0.1) is 0 Å². The fraction of sp³-hybridized carbons (Fsp3) is 0.722. The van der Waals surface area contributed by atoms with Crippen molar-refractivity contribution >= 4 is 5.91 Å². The summed E-state index contributed by atoms with van der Waals surface area (Å²) in [5, 5.41) is 10.3. The van der Waals surface area contributed by atoms with Crippen LogP contribution in [0.1, 0.15) is 68.0 Å². The van der Waals surface area contributed by atoms with E-state index >= 15 is 0 Å². The maximum Gasteiger partial charge on any atom is 0.257 e. The Labute approximate surface area is 132 Å². The number of aliphatic hydroxyl groups is 1. The van der Waals surface area contributed by atoms with Crippen molar-refractivity contribution < 1.29 is 14.3 Å². The molecule has 1 aromatic rings. The smallest absolute Gasteiger partial charge is 0.257 e. The van der Waals surface area contributed by atoms with E-state index in [0.717, 1.165) is 62.8 Å². The third-order valence-electron chi connectivity index (χ3n) is 5.29. The number of aryl methyl sites for hydroxylation is 1. The fourth-order valence-electron chi connectivity index (χ4n) is 4.19. The lowest BCUT2D eigenvalue weighted by molar-refractivity contribution is 0.0211. The largest absolute Gasteiger partial charge is 0.469 e. The molecule has 122 valence electrons. The lowest BCUT2D eigenvalue weighted by Gasteiger charge is -2.37. The van der Waals surface area contributed by atoms with E-state index in [-0.39, 0.29) is 24.0 Å². The monoisotopic (exact) mass is 305 g/mol. The highest BCUT2D eigenvalue weighted by Gasteiger charge is 2.39. The highest BCUT2D eigenvalue weighted by atomic mass is 16.3. The molecule has 2 heterocycles. The Hall–Kier alpha value is -1.29. The average Bonchev–Trinajstić information content (AvgIpc) is 3.16. The van der Waals surface area contributed by atoms with Gasteiger partial charge in [0.15, 0.2) is 0 Å². The van der Waals surface area contributed by atoms with Crippen LogP contribution in [0.5, 0.6) is 0 Å². The Balaban J connectivity index is 1.77. The molecule has 2 aliphatic rings. The van der Waals surface area contributed by atoms with E-state index in [4.69, 9.17) is 4.42 Å². The zero-order valence-corrected chi connectivity index (χ0v) is 13.5. The van der Waals surface area contributed by atoms with Gasteiger partial charge >= 0.3 is 0 Å². The molecular formula is C18H27NO3. The molecule has 3 unspecified atom stereocenters. The van der Waals surface area contributed by atoms with E-state index in [1.807, 2.05) is 4.90 Å². The summed E-state index contributed by atoms with van der Waals surface area (Å²) in [5.41, 5.74) is 0.721. The van der Waals surface area contributed by atoms with E-state index in [9.17, 15) is 9.90 Å². The number of furan rings is 1. The minimum Gasteiger partial charge on any atom is -0.469 e. The molecule has 1 amide bonds. The van der Waals surface area contributed by atoms with Crippen molar-refractivity contribution in [1.29, 1.82) is 0 Å². The Kier molecular flexibility index (Phi) is 4.87. The lowest BCUT2D eigenvalue weighted by atomic mass is 9.80. The van der Waals surface area contributed by atoms with Gasteiger partial charge in [0.2, 0.25) is 0 Å². The first-order chi connectivity index (χ1) is 10.7. The van der Waals surface area contributed by atoms with Crippen molar-refractivity contribution in [3.05, 3.63) is 23.7 Å². The minimum absolute atomic E-state index is 0.0949. The Morgan fingerprint density at radius 1 is 1.32 bits per heavy atom. The lowest BCUT2D eigenvalue weighted by Crippen LogP contribution is -2.45. The van der Waals surface area contributed by atoms with Crippen LogP contribution in [-0.2, 0) is 6.42 Å². The van der Waals surface area contributed by atoms with Crippen molar-refractivity contribution in [3.8, 4) is 0 Å². The number of likely N-dealkylation sites (tertiary alicyclic amines) is 1. The van der Waals surface area contributed by atoms with Crippen LogP contribution < -0.4 is 0 Å². The average molecular weight is 305 g/mol. The van der Waals surface area contributed by atoms with Crippen LogP contribution in [0.4, 0.5) is 0 Å². The molecule has 0 radical (unpaired) electrons. The van der Waals surface area contributed by atoms with Crippen LogP contribution in [0.3, 0.4) is 0 Å². The summed E-state index contributed by atoms with van der Waals surface area (Å²) in [6, 6.07) is 2.01. The first-order valence-corrected chi connectivity index (χ1v) is 8.77. The van der Waals surface area contributed by atoms with Gasteiger partial charge in [-0.1, -0.05) is 19.8 Å². The Bertz CT molecular complexity index is 510. The second kappa shape index (κ2) is 6.86. The topological polar surface area (TPSA) is 53.7 Å². The number of carbonyl (C=O) groups is 1. The molecule has 1 saturated carbocycles. The van der Waals surface area contributed by atoms with E-state index in [2.05, 4.69) is 6.92 Å². The maximum atomic E-state index is 12.9. The maximum absolute atomic E-state index is 12.9. The third-order valence-corrected chi connectivity index (χ3v) is 5.29. The number of nitrogens with zero attached hydrogens (tertiary/aromatic N) is 1. The Morgan fingerprint density at radius 2 is 2.14 bits per heavy atom. The van der Waals surface area contributed by atoms with Crippen molar-refractivity contribution in [3.63, 3.8) is 0 Å². The van der Waals surface area contributed by atoms with Gasteiger partial charge < -0.3 is 14.4 Å². The van der Waals surface area contributed by atoms with Crippen LogP contribution in [0, 0.1) is 5.92 Å². The van der Waals surface area contributed by atoms with Crippen LogP contribution in [0.15, 0.2) is 16.7 Å². The summed E-state index contributed by atoms with van der Waals surface area (Å²) in [6.45, 7) is 2.90. The number of hydrogen-bond donors (Lipinski definition) is 1. The highest BCUT2D eigenvalue weighted by Crippen LogP contribution is 2.35. The van der Waals surface area contributed by atoms with Crippen LogP contribution in [-0.4, -0.2) is 34.6 Å². The predicted octanol–water partition coefficient (Wildman–Crippen LogP) is 3.39. The molecule has 3 atom stereocenters. The van der Waals surface area contributed by atoms with Gasteiger partial charge in [0.25, 0.3) is 5.91 Å². The van der Waals surface area contributed by atoms with E-state index in [0.29, 0.717) is 0 Å². The molecule has 0 spiro atoms. The molecule has 0 bridgehead atoms. The molecule has 1 aliphatic carbocycles. The summed E-state index contributed by atoms with van der Waals surface area (Å²) < 4.78 is 5.49. The molecule has 1 aromatic heterocycles. The highest BCUT2D eigenvalue weighted by molar-refractivity contribution is 5.95.